The minimum atomic E-state index is -0.327. The molecule has 0 heterocycles. The highest BCUT2D eigenvalue weighted by Gasteiger charge is 2.25. The van der Waals surface area contributed by atoms with Crippen LogP contribution in [0.3, 0.4) is 0 Å². The molecule has 0 radical (unpaired) electrons. The molecule has 1 aliphatic carbocycles. The second-order valence-electron chi connectivity index (χ2n) is 6.07. The standard InChI is InChI=1S/C19H17ClF2S/c1-11-7-17-12(2)13(4-6-16(17)19(8-11)23-22)9-14-3-5-15(21)10-18(14)20/h3,5,7-8,10,13H,2,4,6,9H2,1H3. The molecule has 4 heteroatoms. The van der Waals surface area contributed by atoms with Gasteiger partial charge < -0.3 is 0 Å². The van der Waals surface area contributed by atoms with Gasteiger partial charge in [0.1, 0.15) is 5.82 Å². The quantitative estimate of drug-likeness (QED) is 0.602. The van der Waals surface area contributed by atoms with Gasteiger partial charge in [-0.25, -0.2) is 4.39 Å². The lowest BCUT2D eigenvalue weighted by Crippen LogP contribution is -2.16. The third-order valence-electron chi connectivity index (χ3n) is 4.50. The summed E-state index contributed by atoms with van der Waals surface area (Å²) in [5.41, 5.74) is 5.08. The Labute approximate surface area is 144 Å². The molecule has 0 aliphatic heterocycles. The van der Waals surface area contributed by atoms with Crippen molar-refractivity contribution >= 4 is 29.3 Å². The Hall–Kier alpha value is -1.32. The van der Waals surface area contributed by atoms with Gasteiger partial charge in [-0.05, 0) is 78.1 Å². The number of rotatable bonds is 3. The lowest BCUT2D eigenvalue weighted by molar-refractivity contribution is 0.580. The van der Waals surface area contributed by atoms with Gasteiger partial charge in [0.25, 0.3) is 0 Å². The maximum absolute atomic E-state index is 13.2. The van der Waals surface area contributed by atoms with Crippen LogP contribution in [0.25, 0.3) is 5.57 Å². The summed E-state index contributed by atoms with van der Waals surface area (Å²) >= 11 is 6.45. The number of halogens is 3. The van der Waals surface area contributed by atoms with Gasteiger partial charge in [-0.3, -0.25) is 0 Å². The lowest BCUT2D eigenvalue weighted by atomic mass is 9.77. The topological polar surface area (TPSA) is 0 Å². The van der Waals surface area contributed by atoms with Gasteiger partial charge in [0.05, 0.1) is 12.1 Å². The zero-order chi connectivity index (χ0) is 16.6. The molecule has 0 fully saturated rings. The number of benzene rings is 2. The molecule has 2 aromatic rings. The molecule has 0 bridgehead atoms. The first-order valence-corrected chi connectivity index (χ1v) is 8.64. The van der Waals surface area contributed by atoms with Gasteiger partial charge in [0, 0.05) is 9.92 Å². The molecule has 23 heavy (non-hydrogen) atoms. The molecule has 3 rings (SSSR count). The van der Waals surface area contributed by atoms with Crippen molar-refractivity contribution in [3.63, 3.8) is 0 Å². The largest absolute Gasteiger partial charge is 0.207 e. The van der Waals surface area contributed by atoms with E-state index < -0.39 is 0 Å². The lowest BCUT2D eigenvalue weighted by Gasteiger charge is -2.29. The van der Waals surface area contributed by atoms with Gasteiger partial charge in [0.15, 0.2) is 0 Å². The number of hydrogen-bond acceptors (Lipinski definition) is 1. The summed E-state index contributed by atoms with van der Waals surface area (Å²) in [6, 6.07) is 8.48. The van der Waals surface area contributed by atoms with E-state index in [1.807, 2.05) is 13.0 Å². The van der Waals surface area contributed by atoms with E-state index in [9.17, 15) is 8.28 Å². The maximum Gasteiger partial charge on any atom is 0.124 e. The third-order valence-corrected chi connectivity index (χ3v) is 5.38. The third kappa shape index (κ3) is 3.31. The fraction of sp³-hybridized carbons (Fsp3) is 0.263. The first kappa shape index (κ1) is 16.5. The summed E-state index contributed by atoms with van der Waals surface area (Å²) in [5, 5.41) is 0.452. The highest BCUT2D eigenvalue weighted by atomic mass is 35.5. The molecule has 0 amide bonds. The zero-order valence-electron chi connectivity index (χ0n) is 12.8. The molecule has 0 nitrogen and oxygen atoms in total. The van der Waals surface area contributed by atoms with Crippen LogP contribution in [0, 0.1) is 18.7 Å². The van der Waals surface area contributed by atoms with E-state index in [0.29, 0.717) is 22.1 Å². The number of aryl methyl sites for hydroxylation is 1. The Morgan fingerprint density at radius 1 is 1.30 bits per heavy atom. The van der Waals surface area contributed by atoms with Crippen LogP contribution in [-0.2, 0) is 12.8 Å². The highest BCUT2D eigenvalue weighted by Crippen LogP contribution is 2.41. The van der Waals surface area contributed by atoms with Crippen molar-refractivity contribution in [3.8, 4) is 0 Å². The molecule has 1 aliphatic rings. The average Bonchev–Trinajstić information content (AvgIpc) is 2.52. The van der Waals surface area contributed by atoms with Crippen LogP contribution in [0.2, 0.25) is 5.02 Å². The highest BCUT2D eigenvalue weighted by molar-refractivity contribution is 7.94. The van der Waals surface area contributed by atoms with Crippen LogP contribution in [0.1, 0.15) is 28.7 Å². The van der Waals surface area contributed by atoms with Crippen molar-refractivity contribution in [1.82, 2.24) is 0 Å². The summed E-state index contributed by atoms with van der Waals surface area (Å²) < 4.78 is 26.4. The zero-order valence-corrected chi connectivity index (χ0v) is 14.4. The molecular weight excluding hydrogens is 334 g/mol. The summed E-state index contributed by atoms with van der Waals surface area (Å²) in [6.07, 6.45) is 2.45. The predicted octanol–water partition coefficient (Wildman–Crippen LogP) is 6.58. The van der Waals surface area contributed by atoms with E-state index in [1.54, 1.807) is 6.07 Å². The second-order valence-corrected chi connectivity index (χ2v) is 7.07. The fourth-order valence-electron chi connectivity index (χ4n) is 3.29. The SMILES string of the molecule is C=C1c2cc(C)cc(SF)c2CCC1Cc1ccc(F)cc1Cl. The van der Waals surface area contributed by atoms with Crippen LogP contribution in [0.15, 0.2) is 41.8 Å². The number of allylic oxidation sites excluding steroid dienone is 1. The molecule has 1 atom stereocenters. The summed E-state index contributed by atoms with van der Waals surface area (Å²) in [6.45, 7) is 6.21. The molecule has 0 spiro atoms. The van der Waals surface area contributed by atoms with Crippen molar-refractivity contribution in [2.24, 2.45) is 5.92 Å². The van der Waals surface area contributed by atoms with Crippen LogP contribution < -0.4 is 0 Å². The average molecular weight is 351 g/mol. The van der Waals surface area contributed by atoms with E-state index in [2.05, 4.69) is 12.6 Å². The number of fused-ring (bicyclic) bond motifs is 1. The van der Waals surface area contributed by atoms with E-state index in [4.69, 9.17) is 11.6 Å². The molecular formula is C19H17ClF2S. The number of hydrogen-bond donors (Lipinski definition) is 0. The van der Waals surface area contributed by atoms with E-state index >= 15 is 0 Å². The van der Waals surface area contributed by atoms with Crippen LogP contribution in [-0.4, -0.2) is 0 Å². The maximum atomic E-state index is 13.2. The summed E-state index contributed by atoms with van der Waals surface area (Å²) in [4.78, 5) is 0.694. The molecule has 2 aromatic carbocycles. The van der Waals surface area contributed by atoms with Crippen molar-refractivity contribution in [1.29, 1.82) is 0 Å². The first-order chi connectivity index (χ1) is 11.0. The van der Waals surface area contributed by atoms with Crippen molar-refractivity contribution in [3.05, 3.63) is 70.0 Å². The van der Waals surface area contributed by atoms with E-state index in [0.717, 1.165) is 47.1 Å². The van der Waals surface area contributed by atoms with E-state index in [-0.39, 0.29) is 11.7 Å². The predicted molar refractivity (Wildman–Crippen MR) is 94.1 cm³/mol. The normalized spacial score (nSPS) is 17.2. The van der Waals surface area contributed by atoms with Gasteiger partial charge in [-0.1, -0.05) is 30.3 Å². The van der Waals surface area contributed by atoms with Gasteiger partial charge in [0.2, 0.25) is 0 Å². The van der Waals surface area contributed by atoms with Crippen LogP contribution in [0.4, 0.5) is 8.28 Å². The van der Waals surface area contributed by atoms with Crippen molar-refractivity contribution in [2.75, 3.05) is 0 Å². The molecule has 120 valence electrons. The van der Waals surface area contributed by atoms with Crippen molar-refractivity contribution in [2.45, 2.75) is 31.1 Å². The van der Waals surface area contributed by atoms with E-state index in [1.165, 1.54) is 12.1 Å². The first-order valence-electron chi connectivity index (χ1n) is 7.54. The Morgan fingerprint density at radius 2 is 2.09 bits per heavy atom. The van der Waals surface area contributed by atoms with Gasteiger partial charge in [-0.2, -0.15) is 3.89 Å². The Balaban J connectivity index is 1.90. The molecule has 0 saturated carbocycles. The monoisotopic (exact) mass is 350 g/mol. The Bertz CT molecular complexity index is 770. The van der Waals surface area contributed by atoms with Crippen LogP contribution in [0.5, 0.6) is 0 Å². The minimum absolute atomic E-state index is 0.240. The second kappa shape index (κ2) is 6.66. The minimum Gasteiger partial charge on any atom is -0.207 e. The smallest absolute Gasteiger partial charge is 0.124 e. The fourth-order valence-corrected chi connectivity index (χ4v) is 4.07. The Morgan fingerprint density at radius 3 is 2.78 bits per heavy atom. The molecule has 1 unspecified atom stereocenters. The van der Waals surface area contributed by atoms with Crippen LogP contribution >= 0.6 is 23.7 Å². The summed E-state index contributed by atoms with van der Waals surface area (Å²) in [5.74, 6) is -0.0866. The van der Waals surface area contributed by atoms with Gasteiger partial charge in [-0.15, -0.1) is 0 Å². The van der Waals surface area contributed by atoms with Gasteiger partial charge >= 0.3 is 0 Å². The van der Waals surface area contributed by atoms with Crippen molar-refractivity contribution < 1.29 is 8.28 Å². The summed E-state index contributed by atoms with van der Waals surface area (Å²) in [7, 11) is 0. The molecule has 0 saturated heterocycles. The molecule has 0 N–H and O–H groups in total. The molecule has 0 aromatic heterocycles. The Kier molecular flexibility index (Phi) is 4.79.